The fourth-order valence-electron chi connectivity index (χ4n) is 5.51. The summed E-state index contributed by atoms with van der Waals surface area (Å²) in [6.45, 7) is 2.32. The molecule has 170 valence electrons. The number of hydrogen-bond donors (Lipinski definition) is 2. The molecule has 1 spiro atoms. The molecule has 0 bridgehead atoms. The van der Waals surface area contributed by atoms with E-state index in [4.69, 9.17) is 16.3 Å². The van der Waals surface area contributed by atoms with Crippen molar-refractivity contribution in [1.29, 1.82) is 0 Å². The Balaban J connectivity index is 1.30. The van der Waals surface area contributed by atoms with Gasteiger partial charge >= 0.3 is 0 Å². The fraction of sp³-hybridized carbons (Fsp3) is 0.375. The van der Waals surface area contributed by atoms with Gasteiger partial charge in [-0.1, -0.05) is 23.7 Å². The molecule has 2 fully saturated rings. The summed E-state index contributed by atoms with van der Waals surface area (Å²) in [4.78, 5) is 13.2. The number of nitrogens with zero attached hydrogens (tertiary/aromatic N) is 4. The van der Waals surface area contributed by atoms with Gasteiger partial charge in [-0.05, 0) is 59.5 Å². The standard InChI is InChI=1S/C24H22BrClN4O3/c1-12-15-4-5-30(23(15)28-11-27-12)18-8-24(21(32)20(18)31)9-19(33-10-24)14-3-2-13-6-16(25)22(26)29-17(13)7-14/h2-7,11,18-21,31-32H,8-10H2,1H3. The van der Waals surface area contributed by atoms with Crippen molar-refractivity contribution in [2.75, 3.05) is 6.61 Å². The lowest BCUT2D eigenvalue weighted by atomic mass is 9.80. The predicted molar refractivity (Wildman–Crippen MR) is 128 cm³/mol. The van der Waals surface area contributed by atoms with E-state index < -0.39 is 17.6 Å². The number of hydrogen-bond acceptors (Lipinski definition) is 6. The minimum atomic E-state index is -0.910. The number of aliphatic hydroxyl groups is 2. The summed E-state index contributed by atoms with van der Waals surface area (Å²) in [7, 11) is 0. The molecule has 5 atom stereocenters. The number of benzene rings is 1. The van der Waals surface area contributed by atoms with Crippen molar-refractivity contribution in [3.8, 4) is 0 Å². The first-order valence-electron chi connectivity index (χ1n) is 10.9. The van der Waals surface area contributed by atoms with Crippen molar-refractivity contribution < 1.29 is 14.9 Å². The first-order chi connectivity index (χ1) is 15.9. The monoisotopic (exact) mass is 528 g/mol. The molecule has 1 aliphatic heterocycles. The minimum absolute atomic E-state index is 0.190. The maximum atomic E-state index is 11.1. The van der Waals surface area contributed by atoms with Crippen LogP contribution >= 0.6 is 27.5 Å². The number of halogens is 2. The Morgan fingerprint density at radius 1 is 1.18 bits per heavy atom. The van der Waals surface area contributed by atoms with Crippen molar-refractivity contribution in [1.82, 2.24) is 19.5 Å². The summed E-state index contributed by atoms with van der Waals surface area (Å²) in [6, 6.07) is 9.65. The van der Waals surface area contributed by atoms with Gasteiger partial charge in [-0.2, -0.15) is 0 Å². The molecule has 1 saturated heterocycles. The maximum Gasteiger partial charge on any atom is 0.143 e. The lowest BCUT2D eigenvalue weighted by molar-refractivity contribution is -0.0309. The average Bonchev–Trinajstić information content (AvgIpc) is 3.48. The molecule has 6 rings (SSSR count). The van der Waals surface area contributed by atoms with Crippen LogP contribution in [-0.2, 0) is 4.74 Å². The molecule has 0 radical (unpaired) electrons. The molecule has 1 aromatic carbocycles. The number of aliphatic hydroxyl groups excluding tert-OH is 2. The molecule has 33 heavy (non-hydrogen) atoms. The minimum Gasteiger partial charge on any atom is -0.390 e. The van der Waals surface area contributed by atoms with E-state index in [1.807, 2.05) is 48.0 Å². The molecule has 5 unspecified atom stereocenters. The summed E-state index contributed by atoms with van der Waals surface area (Å²) >= 11 is 9.60. The number of aryl methyl sites for hydroxylation is 1. The molecule has 3 aromatic heterocycles. The van der Waals surface area contributed by atoms with E-state index in [2.05, 4.69) is 30.9 Å². The largest absolute Gasteiger partial charge is 0.390 e. The van der Waals surface area contributed by atoms with Crippen molar-refractivity contribution >= 4 is 49.5 Å². The van der Waals surface area contributed by atoms with E-state index in [-0.39, 0.29) is 12.1 Å². The van der Waals surface area contributed by atoms with Gasteiger partial charge in [0.25, 0.3) is 0 Å². The van der Waals surface area contributed by atoms with Gasteiger partial charge in [0.15, 0.2) is 0 Å². The number of aromatic nitrogens is 4. The third-order valence-corrected chi connectivity index (χ3v) is 8.44. The second-order valence-electron chi connectivity index (χ2n) is 9.21. The number of pyridine rings is 1. The summed E-state index contributed by atoms with van der Waals surface area (Å²) in [6.07, 6.45) is 2.69. The number of ether oxygens (including phenoxy) is 1. The Labute approximate surface area is 203 Å². The van der Waals surface area contributed by atoms with E-state index in [1.165, 1.54) is 6.33 Å². The highest BCUT2D eigenvalue weighted by atomic mass is 79.9. The molecule has 4 aromatic rings. The molecular formula is C24H22BrClN4O3. The number of rotatable bonds is 2. The normalized spacial score (nSPS) is 29.6. The first kappa shape index (κ1) is 21.4. The van der Waals surface area contributed by atoms with Gasteiger partial charge in [-0.25, -0.2) is 15.0 Å². The average molecular weight is 530 g/mol. The Morgan fingerprint density at radius 2 is 2.03 bits per heavy atom. The summed E-state index contributed by atoms with van der Waals surface area (Å²) in [5, 5.41) is 24.5. The van der Waals surface area contributed by atoms with Crippen LogP contribution in [0.3, 0.4) is 0 Å². The highest BCUT2D eigenvalue weighted by Gasteiger charge is 2.57. The quantitative estimate of drug-likeness (QED) is 0.371. The van der Waals surface area contributed by atoms with Crippen LogP contribution in [0.1, 0.15) is 36.2 Å². The van der Waals surface area contributed by atoms with Crippen molar-refractivity contribution in [2.24, 2.45) is 5.41 Å². The molecule has 9 heteroatoms. The first-order valence-corrected chi connectivity index (χ1v) is 12.0. The lowest BCUT2D eigenvalue weighted by Gasteiger charge is -2.26. The second kappa shape index (κ2) is 7.71. The molecule has 1 aliphatic carbocycles. The molecule has 7 nitrogen and oxygen atoms in total. The fourth-order valence-corrected chi connectivity index (χ4v) is 5.99. The van der Waals surface area contributed by atoms with E-state index in [0.717, 1.165) is 37.7 Å². The van der Waals surface area contributed by atoms with E-state index >= 15 is 0 Å². The van der Waals surface area contributed by atoms with Crippen LogP contribution in [0.5, 0.6) is 0 Å². The van der Waals surface area contributed by atoms with Crippen LogP contribution in [0.15, 0.2) is 47.3 Å². The van der Waals surface area contributed by atoms with Crippen molar-refractivity contribution in [2.45, 2.75) is 44.1 Å². The van der Waals surface area contributed by atoms with E-state index in [0.29, 0.717) is 24.6 Å². The van der Waals surface area contributed by atoms with Crippen LogP contribution in [0.4, 0.5) is 0 Å². The van der Waals surface area contributed by atoms with Crippen molar-refractivity contribution in [3.05, 3.63) is 63.7 Å². The van der Waals surface area contributed by atoms with Gasteiger partial charge in [0.2, 0.25) is 0 Å². The Morgan fingerprint density at radius 3 is 2.88 bits per heavy atom. The molecule has 4 heterocycles. The zero-order valence-corrected chi connectivity index (χ0v) is 20.2. The zero-order chi connectivity index (χ0) is 22.9. The lowest BCUT2D eigenvalue weighted by Crippen LogP contribution is -2.37. The summed E-state index contributed by atoms with van der Waals surface area (Å²) in [5.41, 5.74) is 2.92. The van der Waals surface area contributed by atoms with Gasteiger partial charge in [0.05, 0.1) is 40.5 Å². The van der Waals surface area contributed by atoms with Crippen LogP contribution in [0.2, 0.25) is 5.15 Å². The van der Waals surface area contributed by atoms with Crippen LogP contribution in [0, 0.1) is 12.3 Å². The molecule has 2 aliphatic rings. The molecular weight excluding hydrogens is 508 g/mol. The van der Waals surface area contributed by atoms with Gasteiger partial charge < -0.3 is 19.5 Å². The van der Waals surface area contributed by atoms with Gasteiger partial charge in [-0.15, -0.1) is 0 Å². The molecule has 2 N–H and O–H groups in total. The smallest absolute Gasteiger partial charge is 0.143 e. The number of fused-ring (bicyclic) bond motifs is 2. The van der Waals surface area contributed by atoms with Crippen LogP contribution in [-0.4, -0.2) is 48.5 Å². The van der Waals surface area contributed by atoms with E-state index in [1.54, 1.807) is 0 Å². The third-order valence-electron chi connectivity index (χ3n) is 7.31. The zero-order valence-electron chi connectivity index (χ0n) is 17.8. The van der Waals surface area contributed by atoms with Gasteiger partial charge in [-0.3, -0.25) is 0 Å². The molecule has 1 saturated carbocycles. The topological polar surface area (TPSA) is 93.3 Å². The van der Waals surface area contributed by atoms with Gasteiger partial charge in [0, 0.05) is 22.4 Å². The molecule has 0 amide bonds. The van der Waals surface area contributed by atoms with Crippen molar-refractivity contribution in [3.63, 3.8) is 0 Å². The Kier molecular flexibility index (Phi) is 5.01. The predicted octanol–water partition coefficient (Wildman–Crippen LogP) is 4.52. The third kappa shape index (κ3) is 3.31. The SMILES string of the molecule is Cc1ncnc2c1ccn2C1CC2(COC(c3ccc4cc(Br)c(Cl)nc4c3)C2)C(O)C1O. The van der Waals surface area contributed by atoms with Crippen LogP contribution < -0.4 is 0 Å². The Bertz CT molecular complexity index is 1400. The maximum absolute atomic E-state index is 11.1. The van der Waals surface area contributed by atoms with Gasteiger partial charge in [0.1, 0.15) is 23.2 Å². The highest BCUT2D eigenvalue weighted by Crippen LogP contribution is 2.54. The summed E-state index contributed by atoms with van der Waals surface area (Å²) in [5.74, 6) is 0. The van der Waals surface area contributed by atoms with E-state index in [9.17, 15) is 10.2 Å². The van der Waals surface area contributed by atoms with Crippen LogP contribution in [0.25, 0.3) is 21.9 Å². The summed E-state index contributed by atoms with van der Waals surface area (Å²) < 4.78 is 8.92. The Hall–Kier alpha value is -2.10. The highest BCUT2D eigenvalue weighted by molar-refractivity contribution is 9.10. The second-order valence-corrected chi connectivity index (χ2v) is 10.4.